The summed E-state index contributed by atoms with van der Waals surface area (Å²) in [7, 11) is 3.17. The highest BCUT2D eigenvalue weighted by Gasteiger charge is 2.14. The van der Waals surface area contributed by atoms with Gasteiger partial charge in [0, 0.05) is 18.3 Å². The number of aromatic nitrogens is 2. The second kappa shape index (κ2) is 7.17. The lowest BCUT2D eigenvalue weighted by molar-refractivity contribution is 0.0945. The zero-order chi connectivity index (χ0) is 17.0. The van der Waals surface area contributed by atoms with Gasteiger partial charge in [-0.15, -0.1) is 0 Å². The third kappa shape index (κ3) is 3.83. The molecule has 0 fully saturated rings. The van der Waals surface area contributed by atoms with Gasteiger partial charge < -0.3 is 14.8 Å². The molecule has 6 heteroatoms. The fourth-order valence-electron chi connectivity index (χ4n) is 2.38. The minimum atomic E-state index is -0.192. The quantitative estimate of drug-likeness (QED) is 0.889. The number of nitrogens with zero attached hydrogens (tertiary/aromatic N) is 2. The summed E-state index contributed by atoms with van der Waals surface area (Å²) in [5, 5.41) is 7.21. The first kappa shape index (κ1) is 16.9. The van der Waals surface area contributed by atoms with Crippen LogP contribution in [0.3, 0.4) is 0 Å². The molecule has 6 nitrogen and oxygen atoms in total. The Labute approximate surface area is 136 Å². The maximum Gasteiger partial charge on any atom is 0.272 e. The molecule has 1 amide bonds. The Balaban J connectivity index is 2.06. The summed E-state index contributed by atoms with van der Waals surface area (Å²) in [5.41, 5.74) is 2.32. The first-order chi connectivity index (χ1) is 11.0. The van der Waals surface area contributed by atoms with E-state index in [-0.39, 0.29) is 11.9 Å². The number of carbonyl (C=O) groups excluding carboxylic acids is 1. The van der Waals surface area contributed by atoms with Crippen LogP contribution in [0.4, 0.5) is 0 Å². The number of nitrogens with one attached hydrogen (secondary N) is 1. The monoisotopic (exact) mass is 317 g/mol. The van der Waals surface area contributed by atoms with Crippen LogP contribution in [-0.2, 0) is 6.54 Å². The van der Waals surface area contributed by atoms with Gasteiger partial charge >= 0.3 is 0 Å². The molecule has 0 aliphatic rings. The van der Waals surface area contributed by atoms with Crippen molar-refractivity contribution in [1.29, 1.82) is 0 Å². The van der Waals surface area contributed by atoms with Crippen molar-refractivity contribution < 1.29 is 14.3 Å². The van der Waals surface area contributed by atoms with Crippen LogP contribution in [0, 0.1) is 6.92 Å². The molecule has 0 atom stereocenters. The van der Waals surface area contributed by atoms with Crippen LogP contribution in [-0.4, -0.2) is 29.9 Å². The van der Waals surface area contributed by atoms with Crippen molar-refractivity contribution in [3.8, 4) is 11.5 Å². The predicted octanol–water partition coefficient (Wildman–Crippen LogP) is 2.72. The summed E-state index contributed by atoms with van der Waals surface area (Å²) in [6, 6.07) is 7.57. The van der Waals surface area contributed by atoms with Crippen molar-refractivity contribution in [1.82, 2.24) is 15.1 Å². The molecule has 1 aromatic heterocycles. The Morgan fingerprint density at radius 2 is 1.91 bits per heavy atom. The summed E-state index contributed by atoms with van der Waals surface area (Å²) in [6.07, 6.45) is 0. The Hall–Kier alpha value is -2.50. The Morgan fingerprint density at radius 3 is 2.48 bits per heavy atom. The molecule has 0 saturated carbocycles. The first-order valence-electron chi connectivity index (χ1n) is 7.51. The van der Waals surface area contributed by atoms with Gasteiger partial charge in [-0.3, -0.25) is 9.48 Å². The van der Waals surface area contributed by atoms with Crippen molar-refractivity contribution >= 4 is 5.91 Å². The summed E-state index contributed by atoms with van der Waals surface area (Å²) in [5.74, 6) is 1.11. The maximum absolute atomic E-state index is 12.2. The van der Waals surface area contributed by atoms with E-state index in [0.717, 1.165) is 11.3 Å². The molecule has 0 radical (unpaired) electrons. The van der Waals surface area contributed by atoms with Gasteiger partial charge in [0.1, 0.15) is 5.69 Å². The topological polar surface area (TPSA) is 65.4 Å². The number of rotatable bonds is 6. The van der Waals surface area contributed by atoms with Gasteiger partial charge in [0.15, 0.2) is 11.5 Å². The van der Waals surface area contributed by atoms with E-state index in [1.54, 1.807) is 20.3 Å². The standard InChI is InChI=1S/C17H23N3O3/c1-11(2)20-12(3)8-14(19-20)17(21)18-10-13-6-7-15(22-4)16(9-13)23-5/h6-9,11H,10H2,1-5H3,(H,18,21). The van der Waals surface area contributed by atoms with Gasteiger partial charge in [-0.05, 0) is 44.5 Å². The second-order valence-corrected chi connectivity index (χ2v) is 5.58. The van der Waals surface area contributed by atoms with Crippen molar-refractivity contribution in [2.75, 3.05) is 14.2 Å². The molecule has 0 saturated heterocycles. The molecule has 0 unspecified atom stereocenters. The van der Waals surface area contributed by atoms with E-state index in [4.69, 9.17) is 9.47 Å². The number of ether oxygens (including phenoxy) is 2. The molecule has 1 aromatic carbocycles. The average Bonchev–Trinajstić information content (AvgIpc) is 2.94. The molecule has 2 rings (SSSR count). The molecule has 23 heavy (non-hydrogen) atoms. The second-order valence-electron chi connectivity index (χ2n) is 5.58. The SMILES string of the molecule is COc1ccc(CNC(=O)c2cc(C)n(C(C)C)n2)cc1OC. The normalized spacial score (nSPS) is 10.7. The molecular weight excluding hydrogens is 294 g/mol. The van der Waals surface area contributed by atoms with Crippen LogP contribution >= 0.6 is 0 Å². The number of hydrogen-bond donors (Lipinski definition) is 1. The lowest BCUT2D eigenvalue weighted by Crippen LogP contribution is -2.23. The lowest BCUT2D eigenvalue weighted by atomic mass is 10.2. The summed E-state index contributed by atoms with van der Waals surface area (Å²) in [4.78, 5) is 12.2. The fraction of sp³-hybridized carbons (Fsp3) is 0.412. The first-order valence-corrected chi connectivity index (χ1v) is 7.51. The molecule has 0 spiro atoms. The van der Waals surface area contributed by atoms with Crippen LogP contribution in [0.2, 0.25) is 0 Å². The summed E-state index contributed by atoms with van der Waals surface area (Å²) >= 11 is 0. The third-order valence-corrected chi connectivity index (χ3v) is 3.55. The molecule has 0 bridgehead atoms. The van der Waals surface area contributed by atoms with Crippen molar-refractivity contribution in [2.45, 2.75) is 33.4 Å². The summed E-state index contributed by atoms with van der Waals surface area (Å²) < 4.78 is 12.3. The van der Waals surface area contributed by atoms with E-state index in [1.165, 1.54) is 0 Å². The van der Waals surface area contributed by atoms with Crippen molar-refractivity contribution in [3.63, 3.8) is 0 Å². The van der Waals surface area contributed by atoms with Gasteiger partial charge in [-0.25, -0.2) is 0 Å². The van der Waals surface area contributed by atoms with Crippen LogP contribution in [0.25, 0.3) is 0 Å². The number of benzene rings is 1. The van der Waals surface area contributed by atoms with E-state index in [1.807, 2.05) is 43.7 Å². The molecular formula is C17H23N3O3. The van der Waals surface area contributed by atoms with Crippen molar-refractivity contribution in [2.24, 2.45) is 0 Å². The van der Waals surface area contributed by atoms with Gasteiger partial charge in [0.25, 0.3) is 5.91 Å². The van der Waals surface area contributed by atoms with Crippen LogP contribution in [0.1, 0.15) is 41.6 Å². The molecule has 2 aromatic rings. The van der Waals surface area contributed by atoms with E-state index < -0.39 is 0 Å². The summed E-state index contributed by atoms with van der Waals surface area (Å²) in [6.45, 7) is 6.40. The fourth-order valence-corrected chi connectivity index (χ4v) is 2.38. The van der Waals surface area contributed by atoms with Gasteiger partial charge in [-0.2, -0.15) is 5.10 Å². The van der Waals surface area contributed by atoms with E-state index in [2.05, 4.69) is 10.4 Å². The number of amides is 1. The number of aryl methyl sites for hydroxylation is 1. The van der Waals surface area contributed by atoms with Gasteiger partial charge in [0.2, 0.25) is 0 Å². The lowest BCUT2D eigenvalue weighted by Gasteiger charge is -2.10. The van der Waals surface area contributed by atoms with Gasteiger partial charge in [0.05, 0.1) is 14.2 Å². The van der Waals surface area contributed by atoms with Crippen LogP contribution < -0.4 is 14.8 Å². The molecule has 0 aliphatic heterocycles. The third-order valence-electron chi connectivity index (χ3n) is 3.55. The zero-order valence-corrected chi connectivity index (χ0v) is 14.2. The Morgan fingerprint density at radius 1 is 1.22 bits per heavy atom. The Bertz CT molecular complexity index is 692. The molecule has 0 aliphatic carbocycles. The maximum atomic E-state index is 12.2. The predicted molar refractivity (Wildman–Crippen MR) is 88.1 cm³/mol. The number of carbonyl (C=O) groups is 1. The molecule has 124 valence electrons. The Kier molecular flexibility index (Phi) is 5.26. The largest absolute Gasteiger partial charge is 0.493 e. The smallest absolute Gasteiger partial charge is 0.272 e. The van der Waals surface area contributed by atoms with E-state index in [0.29, 0.717) is 23.7 Å². The van der Waals surface area contributed by atoms with Gasteiger partial charge in [-0.1, -0.05) is 6.07 Å². The molecule has 1 heterocycles. The highest BCUT2D eigenvalue weighted by Crippen LogP contribution is 2.27. The van der Waals surface area contributed by atoms with Crippen LogP contribution in [0.5, 0.6) is 11.5 Å². The zero-order valence-electron chi connectivity index (χ0n) is 14.2. The number of methoxy groups -OCH3 is 2. The molecule has 1 N–H and O–H groups in total. The van der Waals surface area contributed by atoms with E-state index in [9.17, 15) is 4.79 Å². The minimum absolute atomic E-state index is 0.192. The van der Waals surface area contributed by atoms with E-state index >= 15 is 0 Å². The highest BCUT2D eigenvalue weighted by molar-refractivity contribution is 5.92. The highest BCUT2D eigenvalue weighted by atomic mass is 16.5. The average molecular weight is 317 g/mol. The number of hydrogen-bond acceptors (Lipinski definition) is 4. The minimum Gasteiger partial charge on any atom is -0.493 e. The van der Waals surface area contributed by atoms with Crippen LogP contribution in [0.15, 0.2) is 24.3 Å². The van der Waals surface area contributed by atoms with Crippen molar-refractivity contribution in [3.05, 3.63) is 41.2 Å².